The lowest BCUT2D eigenvalue weighted by Gasteiger charge is -2.12. The maximum Gasteiger partial charge on any atom is 0.168 e. The smallest absolute Gasteiger partial charge is 0.168 e. The van der Waals surface area contributed by atoms with Crippen molar-refractivity contribution in [2.45, 2.75) is 32.2 Å². The number of hydrogen-bond donors (Lipinski definition) is 1. The van der Waals surface area contributed by atoms with E-state index in [9.17, 15) is 4.79 Å². The van der Waals surface area contributed by atoms with Gasteiger partial charge in [-0.25, -0.2) is 0 Å². The van der Waals surface area contributed by atoms with Gasteiger partial charge in [-0.1, -0.05) is 13.3 Å². The van der Waals surface area contributed by atoms with Crippen molar-refractivity contribution in [3.63, 3.8) is 0 Å². The number of carbonyl (C=O) groups is 1. The summed E-state index contributed by atoms with van der Waals surface area (Å²) < 4.78 is 10.3. The quantitative estimate of drug-likeness (QED) is 0.756. The summed E-state index contributed by atoms with van der Waals surface area (Å²) in [5, 5.41) is 0. The van der Waals surface area contributed by atoms with Gasteiger partial charge in [-0.05, 0) is 18.6 Å². The number of benzene rings is 1. The van der Waals surface area contributed by atoms with Crippen molar-refractivity contribution in [3.05, 3.63) is 23.8 Å². The molecule has 2 N–H and O–H groups in total. The maximum atomic E-state index is 12.1. The molecule has 0 aromatic heterocycles. The molecule has 1 unspecified atom stereocenters. The van der Waals surface area contributed by atoms with Crippen molar-refractivity contribution in [1.82, 2.24) is 0 Å². The molecule has 1 rings (SSSR count). The van der Waals surface area contributed by atoms with Gasteiger partial charge in [-0.2, -0.15) is 0 Å². The molecule has 1 aromatic rings. The lowest BCUT2D eigenvalue weighted by atomic mass is 10.0. The summed E-state index contributed by atoms with van der Waals surface area (Å²) in [6.45, 7) is 2.05. The van der Waals surface area contributed by atoms with Crippen LogP contribution in [0.15, 0.2) is 18.2 Å². The summed E-state index contributed by atoms with van der Waals surface area (Å²) in [5.74, 6) is 1.21. The Morgan fingerprint density at radius 2 is 2.06 bits per heavy atom. The standard InChI is InChI=1S/C14H21NO3/c1-4-5-10(15)8-13(16)12-7-6-11(17-2)9-14(12)18-3/h6-7,9-10H,4-5,8,15H2,1-3H3. The fourth-order valence-corrected chi connectivity index (χ4v) is 1.85. The molecule has 0 aliphatic heterocycles. The molecule has 0 aliphatic rings. The zero-order chi connectivity index (χ0) is 13.5. The highest BCUT2D eigenvalue weighted by Gasteiger charge is 2.16. The van der Waals surface area contributed by atoms with E-state index in [1.807, 2.05) is 0 Å². The van der Waals surface area contributed by atoms with E-state index in [1.54, 1.807) is 25.3 Å². The molecule has 0 saturated heterocycles. The minimum Gasteiger partial charge on any atom is -0.497 e. The third kappa shape index (κ3) is 3.74. The molecule has 4 heteroatoms. The second kappa shape index (κ2) is 7.01. The molecule has 0 aliphatic carbocycles. The first kappa shape index (κ1) is 14.5. The first-order valence-corrected chi connectivity index (χ1v) is 6.13. The van der Waals surface area contributed by atoms with Gasteiger partial charge in [-0.3, -0.25) is 4.79 Å². The molecule has 0 spiro atoms. The molecule has 100 valence electrons. The molecule has 1 aromatic carbocycles. The summed E-state index contributed by atoms with van der Waals surface area (Å²) in [6, 6.07) is 5.09. The summed E-state index contributed by atoms with van der Waals surface area (Å²) in [5.41, 5.74) is 6.44. The van der Waals surface area contributed by atoms with E-state index in [-0.39, 0.29) is 11.8 Å². The largest absolute Gasteiger partial charge is 0.497 e. The lowest BCUT2D eigenvalue weighted by Crippen LogP contribution is -2.23. The van der Waals surface area contributed by atoms with Crippen LogP contribution < -0.4 is 15.2 Å². The van der Waals surface area contributed by atoms with E-state index in [0.29, 0.717) is 23.5 Å². The normalized spacial score (nSPS) is 12.0. The molecule has 0 radical (unpaired) electrons. The van der Waals surface area contributed by atoms with Gasteiger partial charge in [0.1, 0.15) is 11.5 Å². The van der Waals surface area contributed by atoms with Gasteiger partial charge in [-0.15, -0.1) is 0 Å². The van der Waals surface area contributed by atoms with Gasteiger partial charge in [0.2, 0.25) is 0 Å². The SMILES string of the molecule is CCCC(N)CC(=O)c1ccc(OC)cc1OC. The summed E-state index contributed by atoms with van der Waals surface area (Å²) in [6.07, 6.45) is 2.18. The second-order valence-corrected chi connectivity index (χ2v) is 4.24. The molecule has 0 heterocycles. The zero-order valence-electron chi connectivity index (χ0n) is 11.2. The molecule has 1 atom stereocenters. The molecule has 0 saturated carbocycles. The highest BCUT2D eigenvalue weighted by atomic mass is 16.5. The maximum absolute atomic E-state index is 12.1. The third-order valence-electron chi connectivity index (χ3n) is 2.82. The van der Waals surface area contributed by atoms with Crippen LogP contribution in [0.3, 0.4) is 0 Å². The van der Waals surface area contributed by atoms with Gasteiger partial charge >= 0.3 is 0 Å². The number of nitrogens with two attached hydrogens (primary N) is 1. The number of carbonyl (C=O) groups excluding carboxylic acids is 1. The van der Waals surface area contributed by atoms with E-state index < -0.39 is 0 Å². The average molecular weight is 251 g/mol. The third-order valence-corrected chi connectivity index (χ3v) is 2.82. The second-order valence-electron chi connectivity index (χ2n) is 4.24. The predicted octanol–water partition coefficient (Wildman–Crippen LogP) is 2.40. The molecule has 0 fully saturated rings. The number of ether oxygens (including phenoxy) is 2. The lowest BCUT2D eigenvalue weighted by molar-refractivity contribution is 0.0970. The minimum absolute atomic E-state index is 0.00968. The topological polar surface area (TPSA) is 61.6 Å². The van der Waals surface area contributed by atoms with Crippen LogP contribution in [-0.2, 0) is 0 Å². The minimum atomic E-state index is -0.0886. The van der Waals surface area contributed by atoms with Crippen LogP contribution in [0.1, 0.15) is 36.5 Å². The van der Waals surface area contributed by atoms with E-state index in [0.717, 1.165) is 12.8 Å². The summed E-state index contributed by atoms with van der Waals surface area (Å²) in [7, 11) is 3.12. The number of methoxy groups -OCH3 is 2. The Labute approximate surface area is 108 Å². The highest BCUT2D eigenvalue weighted by Crippen LogP contribution is 2.26. The molecule has 0 amide bonds. The van der Waals surface area contributed by atoms with Crippen molar-refractivity contribution in [1.29, 1.82) is 0 Å². The van der Waals surface area contributed by atoms with Gasteiger partial charge in [0.05, 0.1) is 19.8 Å². The zero-order valence-corrected chi connectivity index (χ0v) is 11.2. The van der Waals surface area contributed by atoms with E-state index in [4.69, 9.17) is 15.2 Å². The summed E-state index contributed by atoms with van der Waals surface area (Å²) >= 11 is 0. The average Bonchev–Trinajstić information content (AvgIpc) is 2.38. The van der Waals surface area contributed by atoms with Gasteiger partial charge in [0, 0.05) is 18.5 Å². The molecule has 0 bridgehead atoms. The monoisotopic (exact) mass is 251 g/mol. The van der Waals surface area contributed by atoms with Crippen molar-refractivity contribution in [2.24, 2.45) is 5.73 Å². The highest BCUT2D eigenvalue weighted by molar-refractivity contribution is 5.99. The van der Waals surface area contributed by atoms with Crippen LogP contribution in [0.25, 0.3) is 0 Å². The fourth-order valence-electron chi connectivity index (χ4n) is 1.85. The molecular weight excluding hydrogens is 230 g/mol. The first-order valence-electron chi connectivity index (χ1n) is 6.13. The Balaban J connectivity index is 2.84. The van der Waals surface area contributed by atoms with Gasteiger partial charge in [0.15, 0.2) is 5.78 Å². The Bertz CT molecular complexity index is 404. The number of hydrogen-bond acceptors (Lipinski definition) is 4. The van der Waals surface area contributed by atoms with Gasteiger partial charge in [0.25, 0.3) is 0 Å². The number of rotatable bonds is 7. The molecular formula is C14H21NO3. The predicted molar refractivity (Wildman–Crippen MR) is 71.4 cm³/mol. The number of Topliss-reactive ketones (excluding diaryl/α,β-unsaturated/α-hetero) is 1. The van der Waals surface area contributed by atoms with Crippen molar-refractivity contribution in [2.75, 3.05) is 14.2 Å². The van der Waals surface area contributed by atoms with Crippen LogP contribution in [-0.4, -0.2) is 26.0 Å². The van der Waals surface area contributed by atoms with Crippen molar-refractivity contribution in [3.8, 4) is 11.5 Å². The molecule has 18 heavy (non-hydrogen) atoms. The van der Waals surface area contributed by atoms with E-state index in [1.165, 1.54) is 7.11 Å². The Kier molecular flexibility index (Phi) is 5.65. The van der Waals surface area contributed by atoms with Crippen LogP contribution >= 0.6 is 0 Å². The van der Waals surface area contributed by atoms with Crippen molar-refractivity contribution >= 4 is 5.78 Å². The fraction of sp³-hybridized carbons (Fsp3) is 0.500. The first-order chi connectivity index (χ1) is 8.62. The Morgan fingerprint density at radius 3 is 2.61 bits per heavy atom. The van der Waals surface area contributed by atoms with Crippen molar-refractivity contribution < 1.29 is 14.3 Å². The van der Waals surface area contributed by atoms with Crippen LogP contribution in [0.4, 0.5) is 0 Å². The van der Waals surface area contributed by atoms with Crippen LogP contribution in [0, 0.1) is 0 Å². The van der Waals surface area contributed by atoms with E-state index >= 15 is 0 Å². The van der Waals surface area contributed by atoms with E-state index in [2.05, 4.69) is 6.92 Å². The summed E-state index contributed by atoms with van der Waals surface area (Å²) in [4.78, 5) is 12.1. The Hall–Kier alpha value is -1.55. The number of ketones is 1. The van der Waals surface area contributed by atoms with Gasteiger partial charge < -0.3 is 15.2 Å². The Morgan fingerprint density at radius 1 is 1.33 bits per heavy atom. The van der Waals surface area contributed by atoms with Crippen LogP contribution in [0.2, 0.25) is 0 Å². The van der Waals surface area contributed by atoms with Crippen LogP contribution in [0.5, 0.6) is 11.5 Å². The molecule has 4 nitrogen and oxygen atoms in total.